The summed E-state index contributed by atoms with van der Waals surface area (Å²) in [5.74, 6) is -1.82. The van der Waals surface area contributed by atoms with E-state index in [1.807, 2.05) is 18.2 Å². The first-order valence-electron chi connectivity index (χ1n) is 11.2. The van der Waals surface area contributed by atoms with Crippen LogP contribution in [0.2, 0.25) is 0 Å². The van der Waals surface area contributed by atoms with Gasteiger partial charge in [0, 0.05) is 30.9 Å². The van der Waals surface area contributed by atoms with Crippen LogP contribution < -0.4 is 4.90 Å². The van der Waals surface area contributed by atoms with Crippen LogP contribution in [-0.2, 0) is 6.42 Å². The standard InChI is InChI=1S/C25H23F2N5O/c26-25(27)15-31(11-10-22(25)33)24-28-13-18(14-29-24)17-6-7-19-21(12-17)32-20(8-9-23(32)30-19)16-4-2-1-3-5-16/h1-7,12-14,20,22,33H,8-11,15H2/t20-,22?/m1/s1. The van der Waals surface area contributed by atoms with Crippen molar-refractivity contribution in [2.24, 2.45) is 0 Å². The number of aliphatic hydroxyl groups is 1. The number of hydrogen-bond donors (Lipinski definition) is 1. The van der Waals surface area contributed by atoms with Crippen LogP contribution in [0.3, 0.4) is 0 Å². The van der Waals surface area contributed by atoms with Gasteiger partial charge in [-0.3, -0.25) is 0 Å². The molecule has 2 aromatic heterocycles. The number of piperidine rings is 1. The first-order valence-corrected chi connectivity index (χ1v) is 11.2. The molecule has 1 fully saturated rings. The van der Waals surface area contributed by atoms with Gasteiger partial charge in [-0.25, -0.2) is 23.7 Å². The minimum absolute atomic E-state index is 0.0102. The molecule has 6 rings (SSSR count). The van der Waals surface area contributed by atoms with Gasteiger partial charge in [0.1, 0.15) is 11.9 Å². The Bertz CT molecular complexity index is 1310. The number of imidazole rings is 1. The summed E-state index contributed by atoms with van der Waals surface area (Å²) in [5.41, 5.74) is 5.07. The Labute approximate surface area is 189 Å². The molecule has 0 spiro atoms. The second kappa shape index (κ2) is 7.59. The zero-order valence-corrected chi connectivity index (χ0v) is 17.9. The van der Waals surface area contributed by atoms with E-state index in [1.54, 1.807) is 12.4 Å². The lowest BCUT2D eigenvalue weighted by Gasteiger charge is -2.35. The third-order valence-electron chi connectivity index (χ3n) is 6.72. The summed E-state index contributed by atoms with van der Waals surface area (Å²) in [7, 11) is 0. The topological polar surface area (TPSA) is 67.1 Å². The number of alkyl halides is 2. The molecule has 0 bridgehead atoms. The van der Waals surface area contributed by atoms with Gasteiger partial charge >= 0.3 is 0 Å². The molecule has 2 atom stereocenters. The third-order valence-corrected chi connectivity index (χ3v) is 6.72. The van der Waals surface area contributed by atoms with Gasteiger partial charge in [-0.1, -0.05) is 36.4 Å². The van der Waals surface area contributed by atoms with Crippen LogP contribution in [0.25, 0.3) is 22.2 Å². The Morgan fingerprint density at radius 1 is 0.970 bits per heavy atom. The molecule has 8 heteroatoms. The molecule has 4 heterocycles. The van der Waals surface area contributed by atoms with E-state index in [0.717, 1.165) is 40.8 Å². The quantitative estimate of drug-likeness (QED) is 0.509. The average Bonchev–Trinajstić information content (AvgIpc) is 3.40. The van der Waals surface area contributed by atoms with Crippen molar-refractivity contribution in [2.45, 2.75) is 37.3 Å². The van der Waals surface area contributed by atoms with Gasteiger partial charge in [0.05, 0.1) is 23.6 Å². The number of fused-ring (bicyclic) bond motifs is 3. The number of aryl methyl sites for hydroxylation is 1. The SMILES string of the molecule is OC1CCN(c2ncc(-c3ccc4nc5n(c4c3)[C@@H](c3ccccc3)CC5)cn2)CC1(F)F. The van der Waals surface area contributed by atoms with E-state index in [9.17, 15) is 13.9 Å². The number of benzene rings is 2. The lowest BCUT2D eigenvalue weighted by molar-refractivity contribution is -0.113. The van der Waals surface area contributed by atoms with Crippen molar-refractivity contribution in [3.8, 4) is 11.1 Å². The summed E-state index contributed by atoms with van der Waals surface area (Å²) >= 11 is 0. The predicted octanol–water partition coefficient (Wildman–Crippen LogP) is 4.24. The van der Waals surface area contributed by atoms with Crippen LogP contribution in [-0.4, -0.2) is 49.7 Å². The predicted molar refractivity (Wildman–Crippen MR) is 121 cm³/mol. The second-order valence-electron chi connectivity index (χ2n) is 8.83. The van der Waals surface area contributed by atoms with Gasteiger partial charge in [0.2, 0.25) is 5.95 Å². The Morgan fingerprint density at radius 2 is 1.76 bits per heavy atom. The summed E-state index contributed by atoms with van der Waals surface area (Å²) in [6.07, 6.45) is 3.68. The van der Waals surface area contributed by atoms with E-state index >= 15 is 0 Å². The molecular weight excluding hydrogens is 424 g/mol. The van der Waals surface area contributed by atoms with E-state index in [0.29, 0.717) is 6.54 Å². The fraction of sp³-hybridized carbons (Fsp3) is 0.320. The van der Waals surface area contributed by atoms with Crippen LogP contribution in [0.15, 0.2) is 60.9 Å². The molecule has 33 heavy (non-hydrogen) atoms. The van der Waals surface area contributed by atoms with Crippen LogP contribution >= 0.6 is 0 Å². The van der Waals surface area contributed by atoms with Crippen molar-refractivity contribution in [2.75, 3.05) is 18.0 Å². The highest BCUT2D eigenvalue weighted by Gasteiger charge is 2.44. The van der Waals surface area contributed by atoms with E-state index < -0.39 is 18.6 Å². The molecular formula is C25H23F2N5O. The van der Waals surface area contributed by atoms with Gasteiger partial charge in [-0.15, -0.1) is 0 Å². The smallest absolute Gasteiger partial charge is 0.290 e. The van der Waals surface area contributed by atoms with E-state index in [2.05, 4.69) is 44.9 Å². The number of anilines is 1. The van der Waals surface area contributed by atoms with Gasteiger partial charge in [-0.05, 0) is 36.1 Å². The maximum absolute atomic E-state index is 13.9. The van der Waals surface area contributed by atoms with Crippen LogP contribution in [0.1, 0.15) is 30.3 Å². The zero-order chi connectivity index (χ0) is 22.6. The third kappa shape index (κ3) is 3.45. The molecule has 1 unspecified atom stereocenters. The number of aliphatic hydroxyl groups excluding tert-OH is 1. The van der Waals surface area contributed by atoms with Gasteiger partial charge < -0.3 is 14.6 Å². The van der Waals surface area contributed by atoms with Crippen LogP contribution in [0.4, 0.5) is 14.7 Å². The van der Waals surface area contributed by atoms with Crippen molar-refractivity contribution in [1.29, 1.82) is 0 Å². The molecule has 0 aliphatic carbocycles. The molecule has 1 saturated heterocycles. The number of nitrogens with zero attached hydrogens (tertiary/aromatic N) is 5. The largest absolute Gasteiger partial charge is 0.387 e. The first-order chi connectivity index (χ1) is 16.0. The van der Waals surface area contributed by atoms with Crippen LogP contribution in [0, 0.1) is 0 Å². The number of halogens is 2. The summed E-state index contributed by atoms with van der Waals surface area (Å²) in [5, 5.41) is 9.50. The molecule has 0 amide bonds. The summed E-state index contributed by atoms with van der Waals surface area (Å²) < 4.78 is 30.1. The van der Waals surface area contributed by atoms with Crippen molar-refractivity contribution >= 4 is 17.0 Å². The fourth-order valence-corrected chi connectivity index (χ4v) is 4.96. The summed E-state index contributed by atoms with van der Waals surface area (Å²) in [6.45, 7) is -0.285. The number of aromatic nitrogens is 4. The van der Waals surface area contributed by atoms with Gasteiger partial charge in [0.15, 0.2) is 0 Å². The highest BCUT2D eigenvalue weighted by molar-refractivity contribution is 5.83. The van der Waals surface area contributed by atoms with Gasteiger partial charge in [0.25, 0.3) is 5.92 Å². The highest BCUT2D eigenvalue weighted by Crippen LogP contribution is 2.37. The lowest BCUT2D eigenvalue weighted by atomic mass is 10.0. The van der Waals surface area contributed by atoms with Crippen molar-refractivity contribution in [3.63, 3.8) is 0 Å². The normalized spacial score (nSPS) is 22.0. The first kappa shape index (κ1) is 20.2. The maximum atomic E-state index is 13.9. The van der Waals surface area contributed by atoms with Crippen molar-refractivity contribution < 1.29 is 13.9 Å². The van der Waals surface area contributed by atoms with Gasteiger partial charge in [-0.2, -0.15) is 0 Å². The molecule has 0 radical (unpaired) electrons. The maximum Gasteiger partial charge on any atom is 0.290 e. The molecule has 0 saturated carbocycles. The molecule has 2 aromatic carbocycles. The Morgan fingerprint density at radius 3 is 2.52 bits per heavy atom. The van der Waals surface area contributed by atoms with E-state index in [4.69, 9.17) is 4.98 Å². The van der Waals surface area contributed by atoms with E-state index in [-0.39, 0.29) is 18.4 Å². The zero-order valence-electron chi connectivity index (χ0n) is 17.9. The minimum Gasteiger partial charge on any atom is -0.387 e. The molecule has 2 aliphatic rings. The minimum atomic E-state index is -3.16. The molecule has 1 N–H and O–H groups in total. The Balaban J connectivity index is 1.32. The van der Waals surface area contributed by atoms with Crippen LogP contribution in [0.5, 0.6) is 0 Å². The van der Waals surface area contributed by atoms with Crippen molar-refractivity contribution in [1.82, 2.24) is 19.5 Å². The van der Waals surface area contributed by atoms with E-state index in [1.165, 1.54) is 10.5 Å². The molecule has 4 aromatic rings. The highest BCUT2D eigenvalue weighted by atomic mass is 19.3. The average molecular weight is 447 g/mol. The lowest BCUT2D eigenvalue weighted by Crippen LogP contribution is -2.52. The monoisotopic (exact) mass is 447 g/mol. The summed E-state index contributed by atoms with van der Waals surface area (Å²) in [6, 6.07) is 16.8. The van der Waals surface area contributed by atoms with Crippen molar-refractivity contribution in [3.05, 3.63) is 72.3 Å². The molecule has 168 valence electrons. The fourth-order valence-electron chi connectivity index (χ4n) is 4.96. The molecule has 6 nitrogen and oxygen atoms in total. The summed E-state index contributed by atoms with van der Waals surface area (Å²) in [4.78, 5) is 15.0. The Kier molecular flexibility index (Phi) is 4.65. The number of hydrogen-bond acceptors (Lipinski definition) is 5. The second-order valence-corrected chi connectivity index (χ2v) is 8.83. The Hall–Kier alpha value is -3.39. The molecule has 2 aliphatic heterocycles. The number of rotatable bonds is 3.